The number of urea groups is 1. The molecule has 1 aromatic heterocycles. The minimum Gasteiger partial charge on any atom is -0.508 e. The lowest BCUT2D eigenvalue weighted by atomic mass is 10.1. The van der Waals surface area contributed by atoms with E-state index in [4.69, 9.17) is 0 Å². The first-order chi connectivity index (χ1) is 14.8. The lowest BCUT2D eigenvalue weighted by Gasteiger charge is -2.26. The molecule has 0 bridgehead atoms. The van der Waals surface area contributed by atoms with Gasteiger partial charge in [-0.3, -0.25) is 14.9 Å². The Balaban J connectivity index is 1.75. The van der Waals surface area contributed by atoms with Crippen LogP contribution in [0.25, 0.3) is 11.8 Å². The van der Waals surface area contributed by atoms with Gasteiger partial charge in [0.1, 0.15) is 17.1 Å². The monoisotopic (exact) mass is 419 g/mol. The molecule has 31 heavy (non-hydrogen) atoms. The van der Waals surface area contributed by atoms with Gasteiger partial charge in [-0.15, -0.1) is 0 Å². The molecule has 4 rings (SSSR count). The van der Waals surface area contributed by atoms with E-state index in [9.17, 15) is 23.9 Å². The standard InChI is InChI=1S/C23H18FN3O4/c1-13-11-15(14(2)26(13)17-7-9-19(28)10-8-17)12-20-21(29)25-23(31)27(22(20)30)18-5-3-16(24)4-6-18/h3-12,28H,1-2H3,(H,25,29,31). The van der Waals surface area contributed by atoms with Gasteiger partial charge >= 0.3 is 6.03 Å². The number of halogens is 1. The number of anilines is 1. The van der Waals surface area contributed by atoms with Gasteiger partial charge in [-0.05, 0) is 80.1 Å². The molecule has 0 saturated carbocycles. The van der Waals surface area contributed by atoms with Crippen molar-refractivity contribution >= 4 is 29.6 Å². The Labute approximate surface area is 177 Å². The highest BCUT2D eigenvalue weighted by Gasteiger charge is 2.37. The first-order valence-corrected chi connectivity index (χ1v) is 9.41. The quantitative estimate of drug-likeness (QED) is 0.501. The highest BCUT2D eigenvalue weighted by atomic mass is 19.1. The van der Waals surface area contributed by atoms with Crippen LogP contribution >= 0.6 is 0 Å². The molecule has 1 saturated heterocycles. The SMILES string of the molecule is Cc1cc(C=C2C(=O)NC(=O)N(c3ccc(F)cc3)C2=O)c(C)n1-c1ccc(O)cc1. The minimum atomic E-state index is -0.895. The molecule has 0 spiro atoms. The molecule has 2 aromatic carbocycles. The van der Waals surface area contributed by atoms with Crippen molar-refractivity contribution in [3.63, 3.8) is 0 Å². The molecule has 1 aliphatic rings. The van der Waals surface area contributed by atoms with Gasteiger partial charge in [0.15, 0.2) is 0 Å². The summed E-state index contributed by atoms with van der Waals surface area (Å²) < 4.78 is 15.2. The predicted molar refractivity (Wildman–Crippen MR) is 112 cm³/mol. The van der Waals surface area contributed by atoms with E-state index in [1.807, 2.05) is 24.5 Å². The summed E-state index contributed by atoms with van der Waals surface area (Å²) >= 11 is 0. The van der Waals surface area contributed by atoms with E-state index >= 15 is 0 Å². The summed E-state index contributed by atoms with van der Waals surface area (Å²) in [4.78, 5) is 38.5. The van der Waals surface area contributed by atoms with Crippen LogP contribution in [0.5, 0.6) is 5.75 Å². The average molecular weight is 419 g/mol. The van der Waals surface area contributed by atoms with E-state index in [-0.39, 0.29) is 17.0 Å². The van der Waals surface area contributed by atoms with Crippen LogP contribution in [0.3, 0.4) is 0 Å². The summed E-state index contributed by atoms with van der Waals surface area (Å²) in [7, 11) is 0. The molecule has 3 aromatic rings. The number of nitrogens with zero attached hydrogens (tertiary/aromatic N) is 2. The van der Waals surface area contributed by atoms with Crippen LogP contribution in [0, 0.1) is 19.7 Å². The van der Waals surface area contributed by atoms with Crippen LogP contribution in [0.1, 0.15) is 17.0 Å². The smallest absolute Gasteiger partial charge is 0.335 e. The van der Waals surface area contributed by atoms with Crippen LogP contribution in [0.2, 0.25) is 0 Å². The van der Waals surface area contributed by atoms with Crippen molar-refractivity contribution in [2.45, 2.75) is 13.8 Å². The normalized spacial score (nSPS) is 15.5. The fourth-order valence-electron chi connectivity index (χ4n) is 3.57. The van der Waals surface area contributed by atoms with Crippen LogP contribution < -0.4 is 10.2 Å². The summed E-state index contributed by atoms with van der Waals surface area (Å²) in [6.07, 6.45) is 1.43. The number of hydrogen-bond donors (Lipinski definition) is 2. The lowest BCUT2D eigenvalue weighted by Crippen LogP contribution is -2.54. The molecule has 0 aliphatic carbocycles. The maximum Gasteiger partial charge on any atom is 0.335 e. The Kier molecular flexibility index (Phi) is 4.90. The van der Waals surface area contributed by atoms with Crippen molar-refractivity contribution in [3.05, 3.63) is 82.9 Å². The summed E-state index contributed by atoms with van der Waals surface area (Å²) in [6.45, 7) is 3.71. The van der Waals surface area contributed by atoms with Gasteiger partial charge in [-0.25, -0.2) is 14.1 Å². The predicted octanol–water partition coefficient (Wildman–Crippen LogP) is 3.61. The third kappa shape index (κ3) is 3.59. The summed E-state index contributed by atoms with van der Waals surface area (Å²) in [5.74, 6) is -1.97. The van der Waals surface area contributed by atoms with Crippen molar-refractivity contribution in [2.75, 3.05) is 4.90 Å². The van der Waals surface area contributed by atoms with Gasteiger partial charge in [0.2, 0.25) is 0 Å². The van der Waals surface area contributed by atoms with Crippen molar-refractivity contribution in [3.8, 4) is 11.4 Å². The van der Waals surface area contributed by atoms with E-state index < -0.39 is 23.7 Å². The van der Waals surface area contributed by atoms with E-state index in [1.54, 1.807) is 24.3 Å². The number of aromatic hydroxyl groups is 1. The van der Waals surface area contributed by atoms with Crippen molar-refractivity contribution in [2.24, 2.45) is 0 Å². The Morgan fingerprint density at radius 1 is 0.935 bits per heavy atom. The molecule has 4 amide bonds. The maximum atomic E-state index is 13.2. The number of benzene rings is 2. The zero-order valence-corrected chi connectivity index (χ0v) is 16.7. The van der Waals surface area contributed by atoms with Crippen LogP contribution in [-0.4, -0.2) is 27.5 Å². The van der Waals surface area contributed by atoms with Gasteiger partial charge in [0.25, 0.3) is 11.8 Å². The second kappa shape index (κ2) is 7.56. The largest absolute Gasteiger partial charge is 0.508 e. The number of amides is 4. The lowest BCUT2D eigenvalue weighted by molar-refractivity contribution is -0.122. The summed E-state index contributed by atoms with van der Waals surface area (Å²) in [5.41, 5.74) is 2.98. The number of phenols is 1. The topological polar surface area (TPSA) is 91.6 Å². The van der Waals surface area contributed by atoms with Crippen molar-refractivity contribution < 1.29 is 23.9 Å². The Hall–Kier alpha value is -4.20. The minimum absolute atomic E-state index is 0.142. The fraction of sp³-hybridized carbons (Fsp3) is 0.0870. The molecule has 1 fully saturated rings. The Morgan fingerprint density at radius 3 is 2.19 bits per heavy atom. The molecule has 0 unspecified atom stereocenters. The van der Waals surface area contributed by atoms with E-state index in [2.05, 4.69) is 5.32 Å². The van der Waals surface area contributed by atoms with Crippen LogP contribution in [0.4, 0.5) is 14.9 Å². The molecule has 8 heteroatoms. The first-order valence-electron chi connectivity index (χ1n) is 9.41. The average Bonchev–Trinajstić information content (AvgIpc) is 3.00. The summed E-state index contributed by atoms with van der Waals surface area (Å²) in [6, 6.07) is 12.4. The zero-order valence-electron chi connectivity index (χ0n) is 16.7. The first kappa shape index (κ1) is 20.1. The molecule has 1 aliphatic heterocycles. The Bertz CT molecular complexity index is 1240. The number of imide groups is 2. The van der Waals surface area contributed by atoms with Crippen LogP contribution in [-0.2, 0) is 9.59 Å². The van der Waals surface area contributed by atoms with Gasteiger partial charge in [-0.2, -0.15) is 0 Å². The zero-order chi connectivity index (χ0) is 22.3. The number of nitrogens with one attached hydrogen (secondary N) is 1. The van der Waals surface area contributed by atoms with E-state index in [1.165, 1.54) is 18.2 Å². The number of barbiturate groups is 1. The van der Waals surface area contributed by atoms with Gasteiger partial charge in [-0.1, -0.05) is 0 Å². The highest BCUT2D eigenvalue weighted by Crippen LogP contribution is 2.26. The second-order valence-electron chi connectivity index (χ2n) is 7.11. The molecule has 0 atom stereocenters. The Morgan fingerprint density at radius 2 is 1.55 bits per heavy atom. The van der Waals surface area contributed by atoms with Crippen molar-refractivity contribution in [1.82, 2.24) is 9.88 Å². The van der Waals surface area contributed by atoms with Gasteiger partial charge < -0.3 is 9.67 Å². The number of hydrogen-bond acceptors (Lipinski definition) is 4. The number of carbonyl (C=O) groups is 3. The molecular formula is C23H18FN3O4. The third-order valence-electron chi connectivity index (χ3n) is 5.06. The fourth-order valence-corrected chi connectivity index (χ4v) is 3.57. The number of carbonyl (C=O) groups excluding carboxylic acids is 3. The van der Waals surface area contributed by atoms with Crippen molar-refractivity contribution in [1.29, 1.82) is 0 Å². The number of phenolic OH excluding ortho intramolecular Hbond substituents is 1. The third-order valence-corrected chi connectivity index (χ3v) is 5.06. The van der Waals surface area contributed by atoms with Crippen LogP contribution in [0.15, 0.2) is 60.2 Å². The molecule has 2 N–H and O–H groups in total. The van der Waals surface area contributed by atoms with E-state index in [0.29, 0.717) is 5.56 Å². The molecule has 156 valence electrons. The number of rotatable bonds is 3. The van der Waals surface area contributed by atoms with Gasteiger partial charge in [0, 0.05) is 17.1 Å². The molecule has 7 nitrogen and oxygen atoms in total. The second-order valence-corrected chi connectivity index (χ2v) is 7.11. The number of aryl methyl sites for hydroxylation is 1. The summed E-state index contributed by atoms with van der Waals surface area (Å²) in [5, 5.41) is 11.7. The van der Waals surface area contributed by atoms with Gasteiger partial charge in [0.05, 0.1) is 5.69 Å². The molecular weight excluding hydrogens is 401 g/mol. The number of aromatic nitrogens is 1. The highest BCUT2D eigenvalue weighted by molar-refractivity contribution is 6.39. The maximum absolute atomic E-state index is 13.2. The van der Waals surface area contributed by atoms with E-state index in [0.717, 1.165) is 34.1 Å². The molecule has 2 heterocycles. The molecule has 0 radical (unpaired) electrons.